The number of unbranched alkanes of at least 4 members (excludes halogenated alkanes) is 6. The van der Waals surface area contributed by atoms with Crippen molar-refractivity contribution in [2.24, 2.45) is 0 Å². The smallest absolute Gasteiger partial charge is 0.870 e. The first-order chi connectivity index (χ1) is 30.1. The Hall–Kier alpha value is -5.28. The molecule has 4 N–H and O–H groups in total. The Morgan fingerprint density at radius 2 is 0.908 bits per heavy atom. The van der Waals surface area contributed by atoms with E-state index in [2.05, 4.69) is 41.9 Å². The summed E-state index contributed by atoms with van der Waals surface area (Å²) < 4.78 is 11.2. The summed E-state index contributed by atoms with van der Waals surface area (Å²) in [5, 5.41) is 45.0. The molecule has 0 fully saturated rings. The van der Waals surface area contributed by atoms with Crippen LogP contribution in [0.25, 0.3) is 22.3 Å². The third-order valence-corrected chi connectivity index (χ3v) is 9.65. The number of carboxylic acids is 1. The van der Waals surface area contributed by atoms with Crippen LogP contribution in [0.1, 0.15) is 104 Å². The van der Waals surface area contributed by atoms with Crippen LogP contribution >= 0.6 is 15.9 Å². The van der Waals surface area contributed by atoms with Crippen LogP contribution < -0.4 is 60.9 Å². The van der Waals surface area contributed by atoms with Gasteiger partial charge in [-0.3, -0.25) is 0 Å². The second kappa shape index (κ2) is 35.0. The van der Waals surface area contributed by atoms with Gasteiger partial charge in [-0.1, -0.05) is 124 Å². The Morgan fingerprint density at radius 3 is 1.31 bits per heavy atom. The number of aromatic carboxylic acids is 1. The Kier molecular flexibility index (Phi) is 32.2. The number of esters is 1. The summed E-state index contributed by atoms with van der Waals surface area (Å²) >= 11 is 3.38. The van der Waals surface area contributed by atoms with Gasteiger partial charge in [-0.05, 0) is 132 Å². The number of ether oxygens (including phenoxy) is 2. The van der Waals surface area contributed by atoms with Crippen molar-refractivity contribution in [2.75, 3.05) is 11.9 Å². The first-order valence-corrected chi connectivity index (χ1v) is 21.7. The van der Waals surface area contributed by atoms with Crippen molar-refractivity contribution in [1.82, 2.24) is 0 Å². The quantitative estimate of drug-likeness (QED) is 0.0293. The molecule has 0 radical (unpaired) electrons. The van der Waals surface area contributed by atoms with E-state index in [1.165, 1.54) is 74.5 Å². The average Bonchev–Trinajstić information content (AvgIpc) is 3.31. The zero-order valence-corrected chi connectivity index (χ0v) is 41.3. The minimum absolute atomic E-state index is 0. The molecule has 0 saturated carbocycles. The topological polar surface area (TPSA) is 191 Å². The van der Waals surface area contributed by atoms with Crippen molar-refractivity contribution in [1.29, 1.82) is 10.5 Å². The molecule has 10 nitrogen and oxygen atoms in total. The van der Waals surface area contributed by atoms with E-state index in [1.807, 2.05) is 48.5 Å². The van der Waals surface area contributed by atoms with Gasteiger partial charge in [-0.25, -0.2) is 9.59 Å². The number of carbonyl (C=O) groups excluding carboxylic acids is 1. The largest absolute Gasteiger partial charge is 1.00 e. The molecule has 0 bridgehead atoms. The fourth-order valence-electron chi connectivity index (χ4n) is 5.54. The van der Waals surface area contributed by atoms with Crippen LogP contribution in [0.4, 0.5) is 0 Å². The van der Waals surface area contributed by atoms with Crippen molar-refractivity contribution < 1.29 is 91.2 Å². The zero-order chi connectivity index (χ0) is 45.0. The second-order valence-corrected chi connectivity index (χ2v) is 14.7. The van der Waals surface area contributed by atoms with Crippen molar-refractivity contribution in [3.8, 4) is 57.4 Å². The van der Waals surface area contributed by atoms with E-state index in [9.17, 15) is 9.59 Å². The maximum Gasteiger partial charge on any atom is 1.00 e. The van der Waals surface area contributed by atoms with E-state index in [-0.39, 0.29) is 81.3 Å². The Labute approximate surface area is 435 Å². The van der Waals surface area contributed by atoms with Crippen molar-refractivity contribution in [3.05, 3.63) is 168 Å². The Balaban J connectivity index is 0.000000973. The summed E-state index contributed by atoms with van der Waals surface area (Å²) in [7, 11) is 0. The van der Waals surface area contributed by atoms with Gasteiger partial charge in [0.25, 0.3) is 0 Å². The van der Waals surface area contributed by atoms with Crippen LogP contribution in [0, 0.1) is 22.7 Å². The van der Waals surface area contributed by atoms with Gasteiger partial charge in [-0.2, -0.15) is 10.5 Å². The SMILES string of the molecule is C.CCCCCCBr.CCCCCCOc1ccc(C(=O)Oc2ccc(-c3ccc(C#N)cc3)cc2)cc1.N#Cc1ccc(-c2ccc(O)cc2)cc1.O=C(O)c1ccc(O)cc1.[K+].[OH-]. The van der Waals surface area contributed by atoms with Gasteiger partial charge in [-0.15, -0.1) is 0 Å². The van der Waals surface area contributed by atoms with Crippen LogP contribution in [-0.2, 0) is 0 Å². The fourth-order valence-corrected chi connectivity index (χ4v) is 5.94. The predicted molar refractivity (Wildman–Crippen MR) is 258 cm³/mol. The molecule has 0 saturated heterocycles. The summed E-state index contributed by atoms with van der Waals surface area (Å²) in [6.45, 7) is 5.10. The number of benzene rings is 6. The summed E-state index contributed by atoms with van der Waals surface area (Å²) in [6, 6.07) is 45.6. The first-order valence-electron chi connectivity index (χ1n) is 20.5. The number of phenolic OH excluding ortho intramolecular Hbond substituents is 2. The molecule has 0 amide bonds. The molecular weight excluding hydrogens is 912 g/mol. The number of halogens is 1. The first kappa shape index (κ1) is 59.7. The zero-order valence-electron chi connectivity index (χ0n) is 36.6. The van der Waals surface area contributed by atoms with Gasteiger partial charge in [0, 0.05) is 5.33 Å². The van der Waals surface area contributed by atoms with E-state index in [1.54, 1.807) is 72.8 Å². The molecule has 0 aliphatic heterocycles. The van der Waals surface area contributed by atoms with Crippen LogP contribution in [0.2, 0.25) is 0 Å². The molecule has 0 aliphatic rings. The van der Waals surface area contributed by atoms with Gasteiger partial charge in [0.2, 0.25) is 0 Å². The Morgan fingerprint density at radius 1 is 0.538 bits per heavy atom. The Bertz CT molecular complexity index is 2290. The minimum Gasteiger partial charge on any atom is -0.870 e. The van der Waals surface area contributed by atoms with Crippen LogP contribution in [0.15, 0.2) is 146 Å². The molecule has 336 valence electrons. The molecule has 0 unspecified atom stereocenters. The van der Waals surface area contributed by atoms with E-state index in [0.717, 1.165) is 34.4 Å². The maximum absolute atomic E-state index is 12.4. The van der Waals surface area contributed by atoms with Crippen molar-refractivity contribution in [2.45, 2.75) is 72.6 Å². The van der Waals surface area contributed by atoms with Gasteiger partial charge >= 0.3 is 63.3 Å². The van der Waals surface area contributed by atoms with Crippen LogP contribution in [0.3, 0.4) is 0 Å². The molecule has 0 atom stereocenters. The average molecular weight is 970 g/mol. The molecule has 6 aromatic rings. The number of carbonyl (C=O) groups is 2. The summed E-state index contributed by atoms with van der Waals surface area (Å²) in [6.07, 6.45) is 10.1. The predicted octanol–water partition coefficient (Wildman–Crippen LogP) is 10.8. The molecule has 12 heteroatoms. The fraction of sp³-hybridized carbons (Fsp3) is 0.245. The number of phenols is 2. The standard InChI is InChI=1S/C26H25NO3.C13H9NO.C7H6O3.C6H13Br.CH4.K.H2O/c1-2-3-4-5-18-29-24-14-12-23(13-15-24)26(28)30-25-16-10-22(11-17-25)21-8-6-20(19-27)7-9-21;14-9-10-1-3-11(4-2-10)12-5-7-13(15)8-6-12;8-6-3-1-5(2-4-6)7(9)10;1-2-3-4-5-6-7;;;/h6-17H,2-5,18H2,1H3;1-8,15H;1-4,8H,(H,9,10);2-6H2,1H3;1H4;;1H2/q;;;;;+1;/p-1. The van der Waals surface area contributed by atoms with Crippen molar-refractivity contribution >= 4 is 27.9 Å². The maximum atomic E-state index is 12.4. The minimum atomic E-state index is -0.986. The van der Waals surface area contributed by atoms with Crippen molar-refractivity contribution in [3.63, 3.8) is 0 Å². The number of hydrogen-bond acceptors (Lipinski definition) is 9. The summed E-state index contributed by atoms with van der Waals surface area (Å²) in [5.41, 5.74) is 5.97. The molecule has 0 heterocycles. The van der Waals surface area contributed by atoms with E-state index in [0.29, 0.717) is 29.0 Å². The van der Waals surface area contributed by atoms with E-state index >= 15 is 0 Å². The van der Waals surface area contributed by atoms with Gasteiger partial charge in [0.05, 0.1) is 41.0 Å². The molecule has 0 spiro atoms. The number of nitriles is 2. The molecule has 0 aromatic heterocycles. The van der Waals surface area contributed by atoms with Gasteiger partial charge in [0.15, 0.2) is 0 Å². The normalized spacial score (nSPS) is 9.37. The van der Waals surface area contributed by atoms with Gasteiger partial charge in [0.1, 0.15) is 23.0 Å². The number of alkyl halides is 1. The molecular formula is C53H58BrKN2O8. The summed E-state index contributed by atoms with van der Waals surface area (Å²) in [4.78, 5) is 22.6. The van der Waals surface area contributed by atoms with Gasteiger partial charge < -0.3 is 30.3 Å². The molecule has 65 heavy (non-hydrogen) atoms. The second-order valence-electron chi connectivity index (χ2n) is 13.9. The van der Waals surface area contributed by atoms with E-state index in [4.69, 9.17) is 35.3 Å². The summed E-state index contributed by atoms with van der Waals surface area (Å²) in [5.74, 6) is 0.177. The molecule has 6 aromatic carbocycles. The number of aromatic hydroxyl groups is 2. The monoisotopic (exact) mass is 968 g/mol. The number of carboxylic acid groups (broad SMARTS) is 1. The van der Waals surface area contributed by atoms with Crippen LogP contribution in [-0.4, -0.2) is 44.7 Å². The number of nitrogens with zero attached hydrogens (tertiary/aromatic N) is 2. The molecule has 6 rings (SSSR count). The third kappa shape index (κ3) is 23.5. The van der Waals surface area contributed by atoms with E-state index < -0.39 is 11.9 Å². The molecule has 0 aliphatic carbocycles. The number of hydrogen-bond donors (Lipinski definition) is 3. The van der Waals surface area contributed by atoms with Crippen LogP contribution in [0.5, 0.6) is 23.0 Å². The number of rotatable bonds is 15. The third-order valence-electron chi connectivity index (χ3n) is 9.08.